The van der Waals surface area contributed by atoms with Gasteiger partial charge in [-0.15, -0.1) is 0 Å². The standard InChI is InChI=1S/C17H28N2O3/c1-3-21-17(22-4-2)14-19(16(20)13-18)12-8-11-15-9-6-5-7-10-15/h5-7,9-10,17H,3-4,8,11-14,18H2,1-2H3. The highest BCUT2D eigenvalue weighted by atomic mass is 16.7. The van der Waals surface area contributed by atoms with Gasteiger partial charge in [0.2, 0.25) is 5.91 Å². The number of benzene rings is 1. The van der Waals surface area contributed by atoms with Gasteiger partial charge >= 0.3 is 0 Å². The molecule has 0 saturated heterocycles. The maximum Gasteiger partial charge on any atom is 0.236 e. The van der Waals surface area contributed by atoms with Crippen molar-refractivity contribution in [1.82, 2.24) is 4.90 Å². The minimum atomic E-state index is -0.387. The van der Waals surface area contributed by atoms with Gasteiger partial charge in [-0.05, 0) is 32.3 Å². The third kappa shape index (κ3) is 7.02. The summed E-state index contributed by atoms with van der Waals surface area (Å²) in [6.07, 6.45) is 1.44. The number of carbonyl (C=O) groups excluding carboxylic acids is 1. The summed E-state index contributed by atoms with van der Waals surface area (Å²) in [6.45, 7) is 6.02. The molecule has 1 rings (SSSR count). The smallest absolute Gasteiger partial charge is 0.236 e. The first-order valence-corrected chi connectivity index (χ1v) is 7.96. The van der Waals surface area contributed by atoms with E-state index in [1.54, 1.807) is 4.90 Å². The Morgan fingerprint density at radius 2 is 1.82 bits per heavy atom. The third-order valence-electron chi connectivity index (χ3n) is 3.34. The fraction of sp³-hybridized carbons (Fsp3) is 0.588. The number of ether oxygens (including phenoxy) is 2. The van der Waals surface area contributed by atoms with E-state index in [1.807, 2.05) is 32.0 Å². The molecule has 0 bridgehead atoms. The highest BCUT2D eigenvalue weighted by molar-refractivity contribution is 5.78. The summed E-state index contributed by atoms with van der Waals surface area (Å²) >= 11 is 0. The van der Waals surface area contributed by atoms with Gasteiger partial charge in [-0.2, -0.15) is 0 Å². The van der Waals surface area contributed by atoms with E-state index in [2.05, 4.69) is 12.1 Å². The fourth-order valence-electron chi connectivity index (χ4n) is 2.27. The Hall–Kier alpha value is -1.43. The molecule has 0 saturated carbocycles. The van der Waals surface area contributed by atoms with Gasteiger partial charge in [0.25, 0.3) is 0 Å². The summed E-state index contributed by atoms with van der Waals surface area (Å²) in [5, 5.41) is 0. The van der Waals surface area contributed by atoms with E-state index in [-0.39, 0.29) is 18.7 Å². The summed E-state index contributed by atoms with van der Waals surface area (Å²) < 4.78 is 11.0. The molecule has 0 aliphatic carbocycles. The number of hydrogen-bond acceptors (Lipinski definition) is 4. The van der Waals surface area contributed by atoms with Gasteiger partial charge in [-0.3, -0.25) is 4.79 Å². The Morgan fingerprint density at radius 3 is 2.36 bits per heavy atom. The Morgan fingerprint density at radius 1 is 1.18 bits per heavy atom. The van der Waals surface area contributed by atoms with Crippen LogP contribution in [0.25, 0.3) is 0 Å². The van der Waals surface area contributed by atoms with E-state index in [1.165, 1.54) is 5.56 Å². The number of hydrogen-bond donors (Lipinski definition) is 1. The molecule has 5 nitrogen and oxygen atoms in total. The van der Waals surface area contributed by atoms with Gasteiger partial charge in [0.15, 0.2) is 6.29 Å². The molecular weight excluding hydrogens is 280 g/mol. The molecule has 0 atom stereocenters. The molecule has 0 aliphatic rings. The first-order chi connectivity index (χ1) is 10.7. The molecule has 5 heteroatoms. The predicted octanol–water partition coefficient (Wildman–Crippen LogP) is 1.81. The van der Waals surface area contributed by atoms with E-state index in [0.29, 0.717) is 26.3 Å². The number of nitrogens with zero attached hydrogens (tertiary/aromatic N) is 1. The molecule has 0 heterocycles. The van der Waals surface area contributed by atoms with Crippen LogP contribution in [-0.2, 0) is 20.7 Å². The summed E-state index contributed by atoms with van der Waals surface area (Å²) in [5.74, 6) is -0.0718. The first-order valence-electron chi connectivity index (χ1n) is 7.96. The van der Waals surface area contributed by atoms with Crippen molar-refractivity contribution in [2.24, 2.45) is 5.73 Å². The lowest BCUT2D eigenvalue weighted by atomic mass is 10.1. The zero-order valence-electron chi connectivity index (χ0n) is 13.7. The van der Waals surface area contributed by atoms with Crippen LogP contribution in [0.1, 0.15) is 25.8 Å². The van der Waals surface area contributed by atoms with Crippen molar-refractivity contribution in [2.45, 2.75) is 33.0 Å². The van der Waals surface area contributed by atoms with Gasteiger partial charge in [0.1, 0.15) is 0 Å². The second-order valence-electron chi connectivity index (χ2n) is 4.97. The number of amides is 1. The predicted molar refractivity (Wildman–Crippen MR) is 87.4 cm³/mol. The van der Waals surface area contributed by atoms with Crippen LogP contribution in [0.2, 0.25) is 0 Å². The van der Waals surface area contributed by atoms with Crippen molar-refractivity contribution < 1.29 is 14.3 Å². The number of rotatable bonds is 11. The lowest BCUT2D eigenvalue weighted by Crippen LogP contribution is -2.43. The van der Waals surface area contributed by atoms with Crippen LogP contribution in [0.3, 0.4) is 0 Å². The summed E-state index contributed by atoms with van der Waals surface area (Å²) in [5.41, 5.74) is 6.78. The molecule has 124 valence electrons. The van der Waals surface area contributed by atoms with Crippen molar-refractivity contribution in [3.05, 3.63) is 35.9 Å². The summed E-state index contributed by atoms with van der Waals surface area (Å²) in [7, 11) is 0. The molecule has 0 radical (unpaired) electrons. The topological polar surface area (TPSA) is 64.8 Å². The van der Waals surface area contributed by atoms with Crippen molar-refractivity contribution in [3.8, 4) is 0 Å². The van der Waals surface area contributed by atoms with Crippen molar-refractivity contribution >= 4 is 5.91 Å². The quantitative estimate of drug-likeness (QED) is 0.633. The summed E-state index contributed by atoms with van der Waals surface area (Å²) in [6, 6.07) is 10.2. The van der Waals surface area contributed by atoms with Crippen LogP contribution in [-0.4, -0.2) is 49.9 Å². The molecule has 22 heavy (non-hydrogen) atoms. The van der Waals surface area contributed by atoms with E-state index >= 15 is 0 Å². The highest BCUT2D eigenvalue weighted by Crippen LogP contribution is 2.06. The Labute approximate surface area is 133 Å². The zero-order valence-corrected chi connectivity index (χ0v) is 13.7. The van der Waals surface area contributed by atoms with Crippen LogP contribution in [0.4, 0.5) is 0 Å². The van der Waals surface area contributed by atoms with E-state index in [9.17, 15) is 4.79 Å². The molecule has 0 fully saturated rings. The third-order valence-corrected chi connectivity index (χ3v) is 3.34. The molecule has 0 unspecified atom stereocenters. The van der Waals surface area contributed by atoms with Crippen LogP contribution in [0.15, 0.2) is 30.3 Å². The van der Waals surface area contributed by atoms with E-state index in [0.717, 1.165) is 12.8 Å². The lowest BCUT2D eigenvalue weighted by Gasteiger charge is -2.27. The average Bonchev–Trinajstić information content (AvgIpc) is 2.54. The van der Waals surface area contributed by atoms with E-state index < -0.39 is 0 Å². The minimum Gasteiger partial charge on any atom is -0.351 e. The molecular formula is C17H28N2O3. The van der Waals surface area contributed by atoms with Gasteiger partial charge < -0.3 is 20.1 Å². The normalized spacial score (nSPS) is 10.9. The monoisotopic (exact) mass is 308 g/mol. The van der Waals surface area contributed by atoms with Crippen LogP contribution in [0.5, 0.6) is 0 Å². The number of nitrogens with two attached hydrogens (primary N) is 1. The average molecular weight is 308 g/mol. The summed E-state index contributed by atoms with van der Waals surface area (Å²) in [4.78, 5) is 13.7. The van der Waals surface area contributed by atoms with Crippen LogP contribution < -0.4 is 5.73 Å². The Bertz CT molecular complexity index is 406. The Kier molecular flexibility index (Phi) is 9.46. The fourth-order valence-corrected chi connectivity index (χ4v) is 2.27. The molecule has 0 spiro atoms. The second kappa shape index (κ2) is 11.2. The molecule has 1 amide bonds. The maximum absolute atomic E-state index is 12.0. The van der Waals surface area contributed by atoms with Crippen LogP contribution >= 0.6 is 0 Å². The van der Waals surface area contributed by atoms with Gasteiger partial charge in [0.05, 0.1) is 13.1 Å². The van der Waals surface area contributed by atoms with Crippen molar-refractivity contribution in [1.29, 1.82) is 0 Å². The lowest BCUT2D eigenvalue weighted by molar-refractivity contribution is -0.158. The minimum absolute atomic E-state index is 0.0102. The molecule has 0 aliphatic heterocycles. The highest BCUT2D eigenvalue weighted by Gasteiger charge is 2.18. The largest absolute Gasteiger partial charge is 0.351 e. The zero-order chi connectivity index (χ0) is 16.2. The van der Waals surface area contributed by atoms with Crippen molar-refractivity contribution in [2.75, 3.05) is 32.8 Å². The van der Waals surface area contributed by atoms with Gasteiger partial charge in [-0.1, -0.05) is 30.3 Å². The first kappa shape index (κ1) is 18.6. The second-order valence-corrected chi connectivity index (χ2v) is 4.97. The molecule has 2 N–H and O–H groups in total. The SMILES string of the molecule is CCOC(CN(CCCc1ccccc1)C(=O)CN)OCC. The molecule has 1 aromatic carbocycles. The number of aryl methyl sites for hydroxylation is 1. The molecule has 0 aromatic heterocycles. The molecule has 1 aromatic rings. The Balaban J connectivity index is 2.50. The maximum atomic E-state index is 12.0. The van der Waals surface area contributed by atoms with Crippen LogP contribution in [0, 0.1) is 0 Å². The van der Waals surface area contributed by atoms with Crippen molar-refractivity contribution in [3.63, 3.8) is 0 Å². The van der Waals surface area contributed by atoms with E-state index in [4.69, 9.17) is 15.2 Å². The number of carbonyl (C=O) groups is 1. The van der Waals surface area contributed by atoms with Gasteiger partial charge in [0, 0.05) is 19.8 Å². The van der Waals surface area contributed by atoms with Gasteiger partial charge in [-0.25, -0.2) is 0 Å².